The number of halogens is 2. The molecule has 9 nitrogen and oxygen atoms in total. The number of ether oxygens (including phenoxy) is 1. The van der Waals surface area contributed by atoms with Crippen molar-refractivity contribution in [2.45, 2.75) is 13.8 Å². The van der Waals surface area contributed by atoms with E-state index in [1.807, 2.05) is 0 Å². The first-order valence-corrected chi connectivity index (χ1v) is 11.8. The second-order valence-electron chi connectivity index (χ2n) is 8.89. The van der Waals surface area contributed by atoms with E-state index >= 15 is 8.78 Å². The fourth-order valence-electron chi connectivity index (χ4n) is 4.18. The summed E-state index contributed by atoms with van der Waals surface area (Å²) in [6.45, 7) is 6.91. The molecule has 0 spiro atoms. The highest BCUT2D eigenvalue weighted by molar-refractivity contribution is 6.07. The van der Waals surface area contributed by atoms with E-state index in [2.05, 4.69) is 31.8 Å². The van der Waals surface area contributed by atoms with Crippen molar-refractivity contribution in [2.75, 3.05) is 11.1 Å². The number of nitrogen functional groups attached to an aromatic ring is 1. The van der Waals surface area contributed by atoms with E-state index in [0.717, 1.165) is 11.8 Å². The molecular formula is C28H23F2N7O2. The molecule has 0 saturated heterocycles. The van der Waals surface area contributed by atoms with Crippen LogP contribution in [0.4, 0.5) is 20.3 Å². The monoisotopic (exact) mass is 527 g/mol. The maximum absolute atomic E-state index is 15.5. The molecule has 0 atom stereocenters. The summed E-state index contributed by atoms with van der Waals surface area (Å²) >= 11 is 0. The molecule has 4 heterocycles. The average molecular weight is 528 g/mol. The smallest absolute Gasteiger partial charge is 0.250 e. The zero-order valence-electron chi connectivity index (χ0n) is 21.3. The fraction of sp³-hybridized carbons (Fsp3) is 0.107. The lowest BCUT2D eigenvalue weighted by Gasteiger charge is -2.12. The van der Waals surface area contributed by atoms with Crippen molar-refractivity contribution in [3.63, 3.8) is 0 Å². The van der Waals surface area contributed by atoms with Gasteiger partial charge in [0.1, 0.15) is 23.5 Å². The van der Waals surface area contributed by atoms with Gasteiger partial charge >= 0.3 is 0 Å². The zero-order valence-corrected chi connectivity index (χ0v) is 21.3. The molecular weight excluding hydrogens is 504 g/mol. The van der Waals surface area contributed by atoms with Crippen molar-refractivity contribution in [1.82, 2.24) is 24.5 Å². The van der Waals surface area contributed by atoms with Gasteiger partial charge in [-0.15, -0.1) is 0 Å². The van der Waals surface area contributed by atoms with Gasteiger partial charge in [-0.1, -0.05) is 18.7 Å². The van der Waals surface area contributed by atoms with Crippen LogP contribution < -0.4 is 15.8 Å². The Bertz CT molecular complexity index is 1780. The number of aromatic nitrogens is 5. The van der Waals surface area contributed by atoms with E-state index in [-0.39, 0.29) is 34.4 Å². The topological polar surface area (TPSA) is 121 Å². The number of pyridine rings is 2. The van der Waals surface area contributed by atoms with Crippen LogP contribution in [0.2, 0.25) is 0 Å². The molecule has 0 fully saturated rings. The summed E-state index contributed by atoms with van der Waals surface area (Å²) < 4.78 is 38.1. The predicted octanol–water partition coefficient (Wildman–Crippen LogP) is 5.57. The van der Waals surface area contributed by atoms with Gasteiger partial charge in [0, 0.05) is 36.0 Å². The maximum Gasteiger partial charge on any atom is 0.250 e. The van der Waals surface area contributed by atoms with Crippen LogP contribution in [0.3, 0.4) is 0 Å². The predicted molar refractivity (Wildman–Crippen MR) is 144 cm³/mol. The second kappa shape index (κ2) is 9.93. The maximum atomic E-state index is 15.5. The van der Waals surface area contributed by atoms with Crippen molar-refractivity contribution in [1.29, 1.82) is 0 Å². The van der Waals surface area contributed by atoms with Gasteiger partial charge in [-0.25, -0.2) is 28.7 Å². The Kier molecular flexibility index (Phi) is 6.48. The van der Waals surface area contributed by atoms with Crippen LogP contribution in [0.25, 0.3) is 33.5 Å². The standard InChI is InChI=1S/C28H23F2N7O2/c1-14(2)28(38)36-17-11-19(30)24(32-12-17)25-22(23-26(31)33-13-34-27(23)37(25)4)16-8-9-20(18(29)10-16)39-21-7-5-6-15(3)35-21/h5-13H,1H2,2-4H3,(H,36,38)(H2,31,33,34). The molecule has 4 aromatic heterocycles. The number of aryl methyl sites for hydroxylation is 2. The molecule has 0 unspecified atom stereocenters. The first kappa shape index (κ1) is 25.5. The number of rotatable bonds is 6. The van der Waals surface area contributed by atoms with Crippen molar-refractivity contribution in [3.8, 4) is 34.1 Å². The van der Waals surface area contributed by atoms with Crippen LogP contribution in [0.5, 0.6) is 11.6 Å². The Morgan fingerprint density at radius 2 is 1.90 bits per heavy atom. The number of carbonyl (C=O) groups is 1. The summed E-state index contributed by atoms with van der Waals surface area (Å²) in [6, 6.07) is 10.7. The van der Waals surface area contributed by atoms with Crippen molar-refractivity contribution < 1.29 is 18.3 Å². The minimum absolute atomic E-state index is 0.0372. The molecule has 196 valence electrons. The molecule has 5 rings (SSSR count). The molecule has 3 N–H and O–H groups in total. The van der Waals surface area contributed by atoms with Crippen molar-refractivity contribution >= 4 is 28.4 Å². The summed E-state index contributed by atoms with van der Waals surface area (Å²) in [7, 11) is 1.67. The SMILES string of the molecule is C=C(C)C(=O)Nc1cnc(-c2c(-c3ccc(Oc4cccc(C)n4)c(F)c3)c3c(N)ncnc3n2C)c(F)c1. The van der Waals surface area contributed by atoms with Gasteiger partial charge in [0.25, 0.3) is 5.91 Å². The molecule has 5 aromatic rings. The van der Waals surface area contributed by atoms with E-state index in [1.165, 1.54) is 31.6 Å². The molecule has 0 radical (unpaired) electrons. The van der Waals surface area contributed by atoms with E-state index < -0.39 is 17.5 Å². The Labute approximate surface area is 222 Å². The van der Waals surface area contributed by atoms with Gasteiger partial charge in [-0.05, 0) is 37.6 Å². The molecule has 0 bridgehead atoms. The second-order valence-corrected chi connectivity index (χ2v) is 8.89. The van der Waals surface area contributed by atoms with E-state index in [9.17, 15) is 4.79 Å². The highest BCUT2D eigenvalue weighted by atomic mass is 19.1. The number of hydrogen-bond donors (Lipinski definition) is 2. The molecule has 0 aliphatic carbocycles. The van der Waals surface area contributed by atoms with Crippen LogP contribution in [0, 0.1) is 18.6 Å². The summed E-state index contributed by atoms with van der Waals surface area (Å²) in [5.41, 5.74) is 8.76. The van der Waals surface area contributed by atoms with Gasteiger partial charge in [0.05, 0.1) is 23.0 Å². The first-order valence-electron chi connectivity index (χ1n) is 11.8. The fourth-order valence-corrected chi connectivity index (χ4v) is 4.18. The van der Waals surface area contributed by atoms with Crippen LogP contribution in [-0.2, 0) is 11.8 Å². The third kappa shape index (κ3) is 4.77. The number of hydrogen-bond acceptors (Lipinski definition) is 7. The third-order valence-electron chi connectivity index (χ3n) is 6.01. The van der Waals surface area contributed by atoms with E-state index in [0.29, 0.717) is 27.9 Å². The molecule has 1 amide bonds. The Morgan fingerprint density at radius 1 is 1.10 bits per heavy atom. The summed E-state index contributed by atoms with van der Waals surface area (Å²) in [6.07, 6.45) is 2.61. The highest BCUT2D eigenvalue weighted by Gasteiger charge is 2.25. The first-order chi connectivity index (χ1) is 18.6. The Hall–Kier alpha value is -5.19. The number of amides is 1. The molecule has 39 heavy (non-hydrogen) atoms. The number of benzene rings is 1. The largest absolute Gasteiger partial charge is 0.436 e. The number of anilines is 2. The van der Waals surface area contributed by atoms with Gasteiger partial charge in [-0.3, -0.25) is 4.79 Å². The Balaban J connectivity index is 1.65. The quantitative estimate of drug-likeness (QED) is 0.277. The summed E-state index contributed by atoms with van der Waals surface area (Å²) in [5, 5.41) is 2.94. The minimum Gasteiger partial charge on any atom is -0.436 e. The summed E-state index contributed by atoms with van der Waals surface area (Å²) in [4.78, 5) is 28.9. The van der Waals surface area contributed by atoms with Crippen LogP contribution in [-0.4, -0.2) is 30.4 Å². The van der Waals surface area contributed by atoms with Crippen LogP contribution in [0.1, 0.15) is 12.6 Å². The Morgan fingerprint density at radius 3 is 2.59 bits per heavy atom. The molecule has 0 saturated carbocycles. The van der Waals surface area contributed by atoms with Gasteiger partial charge in [0.15, 0.2) is 17.4 Å². The van der Waals surface area contributed by atoms with Gasteiger partial charge < -0.3 is 20.4 Å². The molecule has 0 aliphatic rings. The van der Waals surface area contributed by atoms with E-state index in [1.54, 1.807) is 42.8 Å². The van der Waals surface area contributed by atoms with E-state index in [4.69, 9.17) is 10.5 Å². The third-order valence-corrected chi connectivity index (χ3v) is 6.01. The zero-order chi connectivity index (χ0) is 27.8. The van der Waals surface area contributed by atoms with Gasteiger partial charge in [-0.2, -0.15) is 0 Å². The minimum atomic E-state index is -0.723. The number of nitrogens with zero attached hydrogens (tertiary/aromatic N) is 5. The lowest BCUT2D eigenvalue weighted by molar-refractivity contribution is -0.112. The van der Waals surface area contributed by atoms with Crippen molar-refractivity contribution in [3.05, 3.63) is 84.5 Å². The molecule has 0 aliphatic heterocycles. The molecule has 11 heteroatoms. The lowest BCUT2D eigenvalue weighted by Crippen LogP contribution is -2.12. The number of nitrogens with two attached hydrogens (primary N) is 1. The highest BCUT2D eigenvalue weighted by Crippen LogP contribution is 2.43. The number of fused-ring (bicyclic) bond motifs is 1. The summed E-state index contributed by atoms with van der Waals surface area (Å²) in [5.74, 6) is -1.51. The van der Waals surface area contributed by atoms with Gasteiger partial charge in [0.2, 0.25) is 5.88 Å². The number of nitrogens with one attached hydrogen (secondary N) is 1. The molecule has 1 aromatic carbocycles. The average Bonchev–Trinajstić information content (AvgIpc) is 3.18. The van der Waals surface area contributed by atoms with Crippen molar-refractivity contribution in [2.24, 2.45) is 7.05 Å². The lowest BCUT2D eigenvalue weighted by atomic mass is 10.0. The normalized spacial score (nSPS) is 11.0. The van der Waals surface area contributed by atoms with Crippen LogP contribution in [0.15, 0.2) is 67.1 Å². The number of carbonyl (C=O) groups excluding carboxylic acids is 1. The van der Waals surface area contributed by atoms with Crippen LogP contribution >= 0.6 is 0 Å².